The molecule has 34 heavy (non-hydrogen) atoms. The summed E-state index contributed by atoms with van der Waals surface area (Å²) in [7, 11) is 4.12. The average molecular weight is 475 g/mol. The van der Waals surface area contributed by atoms with Crippen molar-refractivity contribution >= 4 is 38.3 Å². The molecule has 176 valence electrons. The summed E-state index contributed by atoms with van der Waals surface area (Å²) >= 11 is 1.62. The quantitative estimate of drug-likeness (QED) is 0.336. The summed E-state index contributed by atoms with van der Waals surface area (Å²) in [6.45, 7) is 0.862. The van der Waals surface area contributed by atoms with Gasteiger partial charge >= 0.3 is 0 Å². The van der Waals surface area contributed by atoms with E-state index in [1.54, 1.807) is 11.3 Å². The predicted octanol–water partition coefficient (Wildman–Crippen LogP) is 5.27. The molecular weight excluding hydrogens is 444 g/mol. The summed E-state index contributed by atoms with van der Waals surface area (Å²) in [5, 5.41) is 17.4. The molecule has 0 amide bonds. The number of thiazole rings is 1. The largest absolute Gasteiger partial charge is 0.393 e. The Balaban J connectivity index is 1.31. The Bertz CT molecular complexity index is 1270. The molecule has 8 heteroatoms. The predicted molar refractivity (Wildman–Crippen MR) is 140 cm³/mol. The van der Waals surface area contributed by atoms with E-state index in [4.69, 9.17) is 9.97 Å². The maximum Gasteiger partial charge on any atom is 0.189 e. The molecule has 0 bridgehead atoms. The first-order valence-electron chi connectivity index (χ1n) is 11.7. The number of nitrogens with zero attached hydrogens (tertiary/aromatic N) is 4. The highest BCUT2D eigenvalue weighted by Crippen LogP contribution is 2.32. The minimum absolute atomic E-state index is 0.156. The van der Waals surface area contributed by atoms with E-state index in [0.29, 0.717) is 6.04 Å². The number of fused-ring (bicyclic) bond motifs is 1. The number of aliphatic hydroxyl groups excluding tert-OH is 1. The van der Waals surface area contributed by atoms with Crippen molar-refractivity contribution in [1.29, 1.82) is 0 Å². The van der Waals surface area contributed by atoms with E-state index in [9.17, 15) is 5.11 Å². The molecule has 1 aliphatic carbocycles. The van der Waals surface area contributed by atoms with Crippen molar-refractivity contribution < 1.29 is 5.11 Å². The molecule has 1 aromatic carbocycles. The van der Waals surface area contributed by atoms with Crippen molar-refractivity contribution in [3.63, 3.8) is 0 Å². The number of rotatable bonds is 7. The topological polar surface area (TPSA) is 86.2 Å². The van der Waals surface area contributed by atoms with Crippen LogP contribution in [0, 0.1) is 0 Å². The number of aliphatic hydroxyl groups is 1. The van der Waals surface area contributed by atoms with Gasteiger partial charge in [-0.3, -0.25) is 4.98 Å². The molecule has 1 fully saturated rings. The number of nitrogens with one attached hydrogen (secondary N) is 2. The van der Waals surface area contributed by atoms with Gasteiger partial charge in [-0.1, -0.05) is 23.5 Å². The van der Waals surface area contributed by atoms with Crippen molar-refractivity contribution in [3.8, 4) is 11.1 Å². The van der Waals surface area contributed by atoms with Crippen LogP contribution in [0.1, 0.15) is 31.2 Å². The second-order valence-electron chi connectivity index (χ2n) is 9.20. The van der Waals surface area contributed by atoms with E-state index in [0.717, 1.165) is 70.3 Å². The van der Waals surface area contributed by atoms with E-state index in [1.165, 1.54) is 5.56 Å². The normalized spacial score (nSPS) is 18.4. The summed E-state index contributed by atoms with van der Waals surface area (Å²) in [6.07, 6.45) is 7.30. The molecule has 0 aliphatic heterocycles. The van der Waals surface area contributed by atoms with Crippen LogP contribution in [0.5, 0.6) is 0 Å². The number of pyridine rings is 2. The van der Waals surface area contributed by atoms with Crippen molar-refractivity contribution in [1.82, 2.24) is 19.9 Å². The zero-order chi connectivity index (χ0) is 23.5. The molecule has 3 aromatic heterocycles. The maximum atomic E-state index is 9.72. The van der Waals surface area contributed by atoms with Gasteiger partial charge in [-0.15, -0.1) is 0 Å². The highest BCUT2D eigenvalue weighted by molar-refractivity contribution is 7.22. The molecule has 5 rings (SSSR count). The lowest BCUT2D eigenvalue weighted by Crippen LogP contribution is -2.28. The second-order valence-corrected chi connectivity index (χ2v) is 10.2. The summed E-state index contributed by atoms with van der Waals surface area (Å²) in [5.41, 5.74) is 4.40. The molecule has 0 spiro atoms. The Kier molecular flexibility index (Phi) is 6.71. The van der Waals surface area contributed by atoms with Gasteiger partial charge in [-0.25, -0.2) is 9.97 Å². The fourth-order valence-electron chi connectivity index (χ4n) is 4.38. The van der Waals surface area contributed by atoms with E-state index in [-0.39, 0.29) is 6.10 Å². The zero-order valence-corrected chi connectivity index (χ0v) is 20.3. The van der Waals surface area contributed by atoms with Gasteiger partial charge in [0.05, 0.1) is 16.3 Å². The third-order valence-electron chi connectivity index (χ3n) is 6.05. The molecule has 0 unspecified atom stereocenters. The number of hydrogen-bond donors (Lipinski definition) is 3. The lowest BCUT2D eigenvalue weighted by Gasteiger charge is -2.26. The third kappa shape index (κ3) is 5.52. The van der Waals surface area contributed by atoms with Crippen LogP contribution < -0.4 is 10.6 Å². The second kappa shape index (κ2) is 10.0. The fourth-order valence-corrected chi connectivity index (χ4v) is 5.29. The summed E-state index contributed by atoms with van der Waals surface area (Å²) in [4.78, 5) is 16.0. The molecule has 3 heterocycles. The SMILES string of the molecule is CN(C)Cc1cncc(-c2ccc3nc(Nc4cccc(NC5CCC(O)CC5)n4)sc3c2)c1. The highest BCUT2D eigenvalue weighted by atomic mass is 32.1. The van der Waals surface area contributed by atoms with Gasteiger partial charge in [-0.05, 0) is 81.2 Å². The summed E-state index contributed by atoms with van der Waals surface area (Å²) in [6, 6.07) is 14.8. The molecule has 4 aromatic rings. The van der Waals surface area contributed by atoms with Gasteiger partial charge in [0.1, 0.15) is 11.6 Å². The summed E-state index contributed by atoms with van der Waals surface area (Å²) in [5.74, 6) is 1.61. The molecule has 7 nitrogen and oxygen atoms in total. The van der Waals surface area contributed by atoms with Crippen LogP contribution in [0.15, 0.2) is 54.9 Å². The first-order chi connectivity index (χ1) is 16.5. The molecule has 0 atom stereocenters. The lowest BCUT2D eigenvalue weighted by atomic mass is 9.93. The number of benzene rings is 1. The van der Waals surface area contributed by atoms with Gasteiger partial charge in [0.15, 0.2) is 5.13 Å². The minimum Gasteiger partial charge on any atom is -0.393 e. The minimum atomic E-state index is -0.156. The molecule has 1 saturated carbocycles. The van der Waals surface area contributed by atoms with Crippen LogP contribution in [-0.4, -0.2) is 51.2 Å². The van der Waals surface area contributed by atoms with Crippen molar-refractivity contribution in [2.75, 3.05) is 24.7 Å². The molecular formula is C26H30N6OS. The van der Waals surface area contributed by atoms with Gasteiger partial charge in [0.2, 0.25) is 0 Å². The Morgan fingerprint density at radius 3 is 2.62 bits per heavy atom. The van der Waals surface area contributed by atoms with Crippen LogP contribution >= 0.6 is 11.3 Å². The van der Waals surface area contributed by atoms with Gasteiger partial charge in [0, 0.05) is 30.5 Å². The van der Waals surface area contributed by atoms with Crippen molar-refractivity contribution in [3.05, 3.63) is 60.4 Å². The van der Waals surface area contributed by atoms with Gasteiger partial charge in [0.25, 0.3) is 0 Å². The van der Waals surface area contributed by atoms with E-state index in [2.05, 4.69) is 58.9 Å². The molecule has 1 aliphatic rings. The van der Waals surface area contributed by atoms with E-state index < -0.39 is 0 Å². The highest BCUT2D eigenvalue weighted by Gasteiger charge is 2.19. The molecule has 0 radical (unpaired) electrons. The third-order valence-corrected chi connectivity index (χ3v) is 6.98. The first-order valence-corrected chi connectivity index (χ1v) is 12.5. The first kappa shape index (κ1) is 22.7. The van der Waals surface area contributed by atoms with E-state index in [1.807, 2.05) is 30.6 Å². The Hall–Kier alpha value is -3.07. The monoisotopic (exact) mass is 474 g/mol. The maximum absolute atomic E-state index is 9.72. The van der Waals surface area contributed by atoms with Crippen LogP contribution in [0.2, 0.25) is 0 Å². The van der Waals surface area contributed by atoms with E-state index >= 15 is 0 Å². The Morgan fingerprint density at radius 2 is 1.79 bits per heavy atom. The fraction of sp³-hybridized carbons (Fsp3) is 0.346. The smallest absolute Gasteiger partial charge is 0.189 e. The number of hydrogen-bond acceptors (Lipinski definition) is 8. The average Bonchev–Trinajstić information content (AvgIpc) is 3.22. The Morgan fingerprint density at radius 1 is 0.971 bits per heavy atom. The van der Waals surface area contributed by atoms with Gasteiger partial charge in [-0.2, -0.15) is 0 Å². The van der Waals surface area contributed by atoms with Crippen LogP contribution in [0.25, 0.3) is 21.3 Å². The number of aromatic nitrogens is 3. The van der Waals surface area contributed by atoms with Crippen molar-refractivity contribution in [2.24, 2.45) is 0 Å². The van der Waals surface area contributed by atoms with Gasteiger partial charge < -0.3 is 20.6 Å². The zero-order valence-electron chi connectivity index (χ0n) is 19.5. The lowest BCUT2D eigenvalue weighted by molar-refractivity contribution is 0.126. The van der Waals surface area contributed by atoms with Crippen molar-refractivity contribution in [2.45, 2.75) is 44.4 Å². The standard InChI is InChI=1S/C26H30N6OS/c1-32(2)16-17-12-19(15-27-14-17)18-6-11-22-23(13-18)34-26(29-22)31-25-5-3-4-24(30-25)28-20-7-9-21(33)10-8-20/h3-6,11-15,20-21,33H,7-10,16H2,1-2H3,(H2,28,29,30,31). The number of anilines is 3. The molecule has 0 saturated heterocycles. The molecule has 3 N–H and O–H groups in total. The summed E-state index contributed by atoms with van der Waals surface area (Å²) < 4.78 is 1.12. The van der Waals surface area contributed by atoms with Crippen LogP contribution in [0.3, 0.4) is 0 Å². The van der Waals surface area contributed by atoms with Crippen LogP contribution in [0.4, 0.5) is 16.8 Å². The Labute approximate surface area is 203 Å². The van der Waals surface area contributed by atoms with Crippen LogP contribution in [-0.2, 0) is 6.54 Å².